The first kappa shape index (κ1) is 17.9. The Balaban J connectivity index is 4.80. The zero-order valence-electron chi connectivity index (χ0n) is 13.0. The molecule has 0 aliphatic carbocycles. The molecule has 0 bridgehead atoms. The maximum absolute atomic E-state index is 12.0. The molecule has 5 heteroatoms. The van der Waals surface area contributed by atoms with Crippen molar-refractivity contribution in [2.75, 3.05) is 6.54 Å². The van der Waals surface area contributed by atoms with E-state index in [0.717, 1.165) is 0 Å². The monoisotopic (exact) mass is 274 g/mol. The molecule has 0 saturated carbocycles. The van der Waals surface area contributed by atoms with Crippen LogP contribution in [0, 0.1) is 5.92 Å². The predicted molar refractivity (Wildman–Crippen MR) is 72.2 cm³/mol. The second-order valence-corrected chi connectivity index (χ2v) is 6.62. The lowest BCUT2D eigenvalue weighted by Gasteiger charge is -2.26. The summed E-state index contributed by atoms with van der Waals surface area (Å²) in [5, 5.41) is 0. The van der Waals surface area contributed by atoms with Crippen molar-refractivity contribution in [3.63, 3.8) is 0 Å². The highest BCUT2D eigenvalue weighted by atomic mass is 16.6. The summed E-state index contributed by atoms with van der Waals surface area (Å²) in [5.41, 5.74) is 2.50. The minimum absolute atomic E-state index is 0.410. The Hall–Kier alpha value is -1.10. The van der Waals surface area contributed by atoms with Crippen LogP contribution in [-0.4, -0.2) is 29.7 Å². The van der Waals surface area contributed by atoms with Crippen LogP contribution >= 0.6 is 0 Å². The van der Waals surface area contributed by atoms with Gasteiger partial charge >= 0.3 is 11.9 Å². The lowest BCUT2D eigenvalue weighted by Crippen LogP contribution is -2.50. The molecule has 0 aliphatic rings. The van der Waals surface area contributed by atoms with Crippen molar-refractivity contribution in [2.45, 2.75) is 65.6 Å². The predicted octanol–water partition coefficient (Wildman–Crippen LogP) is 1.31. The SMILES string of the molecule is CC(C)(C)OC(=O)C(CCC[NH3+])C(=O)OC(C)(C)C. The van der Waals surface area contributed by atoms with Crippen LogP contribution in [-0.2, 0) is 19.1 Å². The summed E-state index contributed by atoms with van der Waals surface area (Å²) < 4.78 is 10.5. The molecule has 0 heterocycles. The maximum Gasteiger partial charge on any atom is 0.320 e. The highest BCUT2D eigenvalue weighted by Gasteiger charge is 2.34. The number of carbonyl (C=O) groups excluding carboxylic acids is 2. The van der Waals surface area contributed by atoms with Gasteiger partial charge in [-0.2, -0.15) is 0 Å². The Morgan fingerprint density at radius 2 is 1.32 bits per heavy atom. The van der Waals surface area contributed by atoms with E-state index in [9.17, 15) is 9.59 Å². The molecule has 19 heavy (non-hydrogen) atoms. The van der Waals surface area contributed by atoms with Crippen molar-refractivity contribution in [1.29, 1.82) is 0 Å². The molecule has 3 N–H and O–H groups in total. The standard InChI is InChI=1S/C14H27NO4/c1-13(2,3)18-11(16)10(8-7-9-15)12(17)19-14(4,5)6/h10H,7-9,15H2,1-6H3/p+1. The van der Waals surface area contributed by atoms with Gasteiger partial charge in [0.25, 0.3) is 0 Å². The fourth-order valence-electron chi connectivity index (χ4n) is 1.43. The van der Waals surface area contributed by atoms with Crippen molar-refractivity contribution >= 4 is 11.9 Å². The fraction of sp³-hybridized carbons (Fsp3) is 0.857. The summed E-state index contributed by atoms with van der Waals surface area (Å²) >= 11 is 0. The quantitative estimate of drug-likeness (QED) is 0.605. The molecule has 0 rings (SSSR count). The molecule has 0 radical (unpaired) electrons. The van der Waals surface area contributed by atoms with Gasteiger partial charge in [0.15, 0.2) is 5.92 Å². The van der Waals surface area contributed by atoms with Gasteiger partial charge < -0.3 is 15.2 Å². The van der Waals surface area contributed by atoms with E-state index in [-0.39, 0.29) is 0 Å². The topological polar surface area (TPSA) is 80.2 Å². The summed E-state index contributed by atoms with van der Waals surface area (Å²) in [6.07, 6.45) is 1.09. The summed E-state index contributed by atoms with van der Waals surface area (Å²) in [6.45, 7) is 11.3. The molecular formula is C14H28NO4+. The first-order chi connectivity index (χ1) is 8.46. The van der Waals surface area contributed by atoms with Gasteiger partial charge in [-0.05, 0) is 54.4 Å². The highest BCUT2D eigenvalue weighted by Crippen LogP contribution is 2.19. The normalized spacial score (nSPS) is 12.4. The highest BCUT2D eigenvalue weighted by molar-refractivity contribution is 5.95. The largest absolute Gasteiger partial charge is 0.459 e. The summed E-state index contributed by atoms with van der Waals surface area (Å²) in [7, 11) is 0. The van der Waals surface area contributed by atoms with Crippen molar-refractivity contribution in [1.82, 2.24) is 0 Å². The Morgan fingerprint density at radius 1 is 0.947 bits per heavy atom. The second-order valence-electron chi connectivity index (χ2n) is 6.62. The molecule has 0 aromatic rings. The van der Waals surface area contributed by atoms with Gasteiger partial charge in [-0.15, -0.1) is 0 Å². The Kier molecular flexibility index (Phi) is 6.49. The third kappa shape index (κ3) is 8.59. The van der Waals surface area contributed by atoms with Crippen molar-refractivity contribution in [3.05, 3.63) is 0 Å². The van der Waals surface area contributed by atoms with E-state index >= 15 is 0 Å². The lowest BCUT2D eigenvalue weighted by molar-refractivity contribution is -0.368. The van der Waals surface area contributed by atoms with Crippen LogP contribution in [0.15, 0.2) is 0 Å². The van der Waals surface area contributed by atoms with Gasteiger partial charge in [-0.25, -0.2) is 0 Å². The van der Waals surface area contributed by atoms with Crippen LogP contribution in [0.4, 0.5) is 0 Å². The van der Waals surface area contributed by atoms with E-state index in [0.29, 0.717) is 19.4 Å². The number of hydrogen-bond acceptors (Lipinski definition) is 4. The molecule has 0 saturated heterocycles. The number of hydrogen-bond donors (Lipinski definition) is 1. The van der Waals surface area contributed by atoms with E-state index < -0.39 is 29.1 Å². The smallest absolute Gasteiger partial charge is 0.320 e. The molecule has 112 valence electrons. The second kappa shape index (κ2) is 6.89. The minimum atomic E-state index is -0.861. The molecule has 0 spiro atoms. The number of rotatable bonds is 5. The van der Waals surface area contributed by atoms with Gasteiger partial charge in [0.1, 0.15) is 11.2 Å². The average molecular weight is 274 g/mol. The van der Waals surface area contributed by atoms with E-state index in [1.165, 1.54) is 0 Å². The molecule has 5 nitrogen and oxygen atoms in total. The van der Waals surface area contributed by atoms with Crippen molar-refractivity contribution in [3.8, 4) is 0 Å². The van der Waals surface area contributed by atoms with Gasteiger partial charge in [0.05, 0.1) is 6.54 Å². The van der Waals surface area contributed by atoms with Crippen LogP contribution in [0.2, 0.25) is 0 Å². The van der Waals surface area contributed by atoms with Crippen LogP contribution in [0.25, 0.3) is 0 Å². The Morgan fingerprint density at radius 3 is 1.58 bits per heavy atom. The first-order valence-electron chi connectivity index (χ1n) is 6.71. The van der Waals surface area contributed by atoms with Crippen LogP contribution < -0.4 is 5.73 Å². The zero-order chi connectivity index (χ0) is 15.3. The van der Waals surface area contributed by atoms with E-state index in [1.54, 1.807) is 41.5 Å². The summed E-state index contributed by atoms with van der Waals surface area (Å²) in [5.74, 6) is -1.90. The van der Waals surface area contributed by atoms with E-state index in [2.05, 4.69) is 5.73 Å². The molecule has 0 atom stereocenters. The Bertz CT molecular complexity index is 284. The number of carbonyl (C=O) groups is 2. The molecule has 0 unspecified atom stereocenters. The van der Waals surface area contributed by atoms with Crippen LogP contribution in [0.3, 0.4) is 0 Å². The Labute approximate surface area is 115 Å². The average Bonchev–Trinajstić information content (AvgIpc) is 2.12. The van der Waals surface area contributed by atoms with Gasteiger partial charge in [-0.3, -0.25) is 9.59 Å². The summed E-state index contributed by atoms with van der Waals surface area (Å²) in [4.78, 5) is 24.1. The third-order valence-corrected chi connectivity index (χ3v) is 2.13. The number of ether oxygens (including phenoxy) is 2. The number of esters is 2. The minimum Gasteiger partial charge on any atom is -0.459 e. The van der Waals surface area contributed by atoms with Crippen LogP contribution in [0.1, 0.15) is 54.4 Å². The van der Waals surface area contributed by atoms with Gasteiger partial charge in [0, 0.05) is 0 Å². The van der Waals surface area contributed by atoms with Gasteiger partial charge in [-0.1, -0.05) is 0 Å². The fourth-order valence-corrected chi connectivity index (χ4v) is 1.43. The van der Waals surface area contributed by atoms with Crippen LogP contribution in [0.5, 0.6) is 0 Å². The molecule has 0 amide bonds. The molecule has 0 aromatic carbocycles. The molecular weight excluding hydrogens is 246 g/mol. The van der Waals surface area contributed by atoms with Crippen molar-refractivity contribution in [2.24, 2.45) is 5.92 Å². The summed E-state index contributed by atoms with van der Waals surface area (Å²) in [6, 6.07) is 0. The third-order valence-electron chi connectivity index (χ3n) is 2.13. The lowest BCUT2D eigenvalue weighted by atomic mass is 10.0. The molecule has 0 aromatic heterocycles. The number of quaternary nitrogens is 1. The zero-order valence-corrected chi connectivity index (χ0v) is 13.0. The van der Waals surface area contributed by atoms with Crippen molar-refractivity contribution < 1.29 is 24.8 Å². The molecule has 0 aliphatic heterocycles. The van der Waals surface area contributed by atoms with Gasteiger partial charge in [0.2, 0.25) is 0 Å². The van der Waals surface area contributed by atoms with E-state index in [1.807, 2.05) is 0 Å². The molecule has 0 fully saturated rings. The first-order valence-corrected chi connectivity index (χ1v) is 6.71. The van der Waals surface area contributed by atoms with E-state index in [4.69, 9.17) is 9.47 Å². The maximum atomic E-state index is 12.0.